The number of hydrogen-bond acceptors (Lipinski definition) is 4. The maximum absolute atomic E-state index is 9.37. The second-order valence-electron chi connectivity index (χ2n) is 7.06. The van der Waals surface area contributed by atoms with Gasteiger partial charge in [0.25, 0.3) is 0 Å². The van der Waals surface area contributed by atoms with E-state index in [1.165, 1.54) is 0 Å². The number of nitrogens with zero attached hydrogens (tertiary/aromatic N) is 2. The minimum absolute atomic E-state index is 0.479. The summed E-state index contributed by atoms with van der Waals surface area (Å²) in [4.78, 5) is 4.62. The summed E-state index contributed by atoms with van der Waals surface area (Å²) in [5.74, 6) is 1.19. The van der Waals surface area contributed by atoms with Crippen LogP contribution in [0.25, 0.3) is 22.4 Å². The lowest BCUT2D eigenvalue weighted by atomic mass is 10.0. The number of pyridine rings is 1. The Balaban J connectivity index is 1.67. The maximum Gasteiger partial charge on any atom is 0.219 e. The van der Waals surface area contributed by atoms with Gasteiger partial charge in [-0.1, -0.05) is 48.5 Å². The Kier molecular flexibility index (Phi) is 5.56. The average molecular weight is 391 g/mol. The Labute approximate surface area is 176 Å². The van der Waals surface area contributed by atoms with Gasteiger partial charge in [-0.15, -0.1) is 0 Å². The van der Waals surface area contributed by atoms with Crippen molar-refractivity contribution in [1.82, 2.24) is 4.98 Å². The molecular weight excluding hydrogens is 370 g/mol. The highest BCUT2D eigenvalue weighted by Gasteiger charge is 2.09. The summed E-state index contributed by atoms with van der Waals surface area (Å²) in [7, 11) is 0. The lowest BCUT2D eigenvalue weighted by molar-refractivity contribution is 0.463. The van der Waals surface area contributed by atoms with Crippen LogP contribution in [-0.2, 0) is 6.54 Å². The third-order valence-corrected chi connectivity index (χ3v) is 4.82. The summed E-state index contributed by atoms with van der Waals surface area (Å²) < 4.78 is 6.09. The monoisotopic (exact) mass is 391 g/mol. The van der Waals surface area contributed by atoms with Crippen LogP contribution in [0.3, 0.4) is 0 Å². The molecule has 0 aliphatic heterocycles. The Bertz CT molecular complexity index is 1240. The van der Waals surface area contributed by atoms with Gasteiger partial charge in [-0.2, -0.15) is 5.26 Å². The molecule has 1 aromatic heterocycles. The summed E-state index contributed by atoms with van der Waals surface area (Å²) in [5, 5.41) is 9.37. The van der Waals surface area contributed by atoms with Crippen molar-refractivity contribution in [2.24, 2.45) is 5.73 Å². The molecule has 0 aliphatic rings. The van der Waals surface area contributed by atoms with E-state index in [0.717, 1.165) is 27.8 Å². The van der Waals surface area contributed by atoms with E-state index in [4.69, 9.17) is 10.5 Å². The Morgan fingerprint density at radius 2 is 1.73 bits per heavy atom. The van der Waals surface area contributed by atoms with E-state index in [2.05, 4.69) is 29.3 Å². The van der Waals surface area contributed by atoms with Gasteiger partial charge in [0.15, 0.2) is 0 Å². The molecule has 4 nitrogen and oxygen atoms in total. The number of rotatable bonds is 5. The molecule has 4 aromatic rings. The van der Waals surface area contributed by atoms with Crippen LogP contribution in [0.5, 0.6) is 11.6 Å². The smallest absolute Gasteiger partial charge is 0.219 e. The minimum atomic E-state index is 0.479. The predicted molar refractivity (Wildman–Crippen MR) is 119 cm³/mol. The maximum atomic E-state index is 9.37. The van der Waals surface area contributed by atoms with Crippen molar-refractivity contribution in [2.75, 3.05) is 0 Å². The van der Waals surface area contributed by atoms with Crippen LogP contribution in [0.15, 0.2) is 84.9 Å². The first-order valence-corrected chi connectivity index (χ1v) is 9.72. The summed E-state index contributed by atoms with van der Waals surface area (Å²) in [6, 6.07) is 29.5. The average Bonchev–Trinajstić information content (AvgIpc) is 2.79. The van der Waals surface area contributed by atoms with Crippen LogP contribution in [-0.4, -0.2) is 4.98 Å². The summed E-state index contributed by atoms with van der Waals surface area (Å²) in [6.45, 7) is 2.54. The van der Waals surface area contributed by atoms with Gasteiger partial charge in [0.2, 0.25) is 5.88 Å². The topological polar surface area (TPSA) is 71.9 Å². The molecule has 0 spiro atoms. The number of benzene rings is 3. The zero-order valence-corrected chi connectivity index (χ0v) is 16.7. The molecular formula is C26H21N3O. The molecule has 3 aromatic carbocycles. The molecule has 0 saturated carbocycles. The quantitative estimate of drug-likeness (QED) is 0.463. The fraction of sp³-hybridized carbons (Fsp3) is 0.0769. The van der Waals surface area contributed by atoms with E-state index in [1.54, 1.807) is 6.07 Å². The molecule has 0 fully saturated rings. The summed E-state index contributed by atoms with van der Waals surface area (Å²) >= 11 is 0. The molecule has 0 bridgehead atoms. The van der Waals surface area contributed by atoms with Gasteiger partial charge in [-0.25, -0.2) is 4.98 Å². The normalized spacial score (nSPS) is 10.4. The first-order chi connectivity index (χ1) is 14.7. The van der Waals surface area contributed by atoms with Crippen molar-refractivity contribution in [3.8, 4) is 40.1 Å². The number of ether oxygens (including phenoxy) is 1. The Morgan fingerprint density at radius 1 is 0.900 bits per heavy atom. The highest BCUT2D eigenvalue weighted by atomic mass is 16.5. The third kappa shape index (κ3) is 4.22. The molecule has 1 heterocycles. The van der Waals surface area contributed by atoms with Crippen molar-refractivity contribution in [2.45, 2.75) is 13.5 Å². The van der Waals surface area contributed by atoms with E-state index >= 15 is 0 Å². The zero-order valence-electron chi connectivity index (χ0n) is 16.7. The van der Waals surface area contributed by atoms with Gasteiger partial charge in [0.05, 0.1) is 17.3 Å². The van der Waals surface area contributed by atoms with E-state index in [9.17, 15) is 5.26 Å². The second kappa shape index (κ2) is 8.60. The van der Waals surface area contributed by atoms with Crippen LogP contribution < -0.4 is 10.5 Å². The van der Waals surface area contributed by atoms with E-state index in [0.29, 0.717) is 29.4 Å². The number of aryl methyl sites for hydroxylation is 1. The summed E-state index contributed by atoms with van der Waals surface area (Å²) in [6.07, 6.45) is 0. The number of aromatic nitrogens is 1. The Hall–Kier alpha value is -3.94. The van der Waals surface area contributed by atoms with Crippen LogP contribution in [0, 0.1) is 18.3 Å². The number of hydrogen-bond donors (Lipinski definition) is 1. The van der Waals surface area contributed by atoms with Gasteiger partial charge in [0, 0.05) is 18.2 Å². The first kappa shape index (κ1) is 19.4. The fourth-order valence-electron chi connectivity index (χ4n) is 3.40. The first-order valence-electron chi connectivity index (χ1n) is 9.72. The molecule has 146 valence electrons. The molecule has 4 rings (SSSR count). The largest absolute Gasteiger partial charge is 0.439 e. The van der Waals surface area contributed by atoms with E-state index < -0.39 is 0 Å². The third-order valence-electron chi connectivity index (χ3n) is 4.82. The van der Waals surface area contributed by atoms with Gasteiger partial charge in [0.1, 0.15) is 5.75 Å². The van der Waals surface area contributed by atoms with Crippen LogP contribution in [0.2, 0.25) is 0 Å². The van der Waals surface area contributed by atoms with Crippen molar-refractivity contribution >= 4 is 0 Å². The van der Waals surface area contributed by atoms with Crippen LogP contribution in [0.4, 0.5) is 0 Å². The highest BCUT2D eigenvalue weighted by molar-refractivity contribution is 5.68. The summed E-state index contributed by atoms with van der Waals surface area (Å²) in [5.41, 5.74) is 12.2. The predicted octanol–water partition coefficient (Wildman–Crippen LogP) is 5.85. The number of nitrogens with two attached hydrogens (primary N) is 1. The van der Waals surface area contributed by atoms with Crippen molar-refractivity contribution in [3.63, 3.8) is 0 Å². The van der Waals surface area contributed by atoms with E-state index in [1.807, 2.05) is 67.6 Å². The molecule has 0 amide bonds. The lowest BCUT2D eigenvalue weighted by Gasteiger charge is -2.11. The van der Waals surface area contributed by atoms with Gasteiger partial charge < -0.3 is 10.5 Å². The lowest BCUT2D eigenvalue weighted by Crippen LogP contribution is -1.96. The molecule has 0 radical (unpaired) electrons. The molecule has 4 heteroatoms. The highest BCUT2D eigenvalue weighted by Crippen LogP contribution is 2.30. The van der Waals surface area contributed by atoms with Crippen LogP contribution >= 0.6 is 0 Å². The Morgan fingerprint density at radius 3 is 2.57 bits per heavy atom. The molecule has 2 N–H and O–H groups in total. The van der Waals surface area contributed by atoms with Gasteiger partial charge in [-0.05, 0) is 59.5 Å². The van der Waals surface area contributed by atoms with Gasteiger partial charge >= 0.3 is 0 Å². The number of nitriles is 1. The molecule has 0 saturated heterocycles. The molecule has 0 unspecified atom stereocenters. The molecule has 0 aliphatic carbocycles. The fourth-order valence-corrected chi connectivity index (χ4v) is 3.40. The zero-order chi connectivity index (χ0) is 20.9. The van der Waals surface area contributed by atoms with E-state index in [-0.39, 0.29) is 0 Å². The SMILES string of the molecule is Cc1cc(Oc2cccc(-c3ccccc3C#N)n2)cc(-c2cccc(CN)c2)c1. The van der Waals surface area contributed by atoms with Crippen molar-refractivity contribution in [1.29, 1.82) is 5.26 Å². The molecule has 0 atom stereocenters. The van der Waals surface area contributed by atoms with Crippen molar-refractivity contribution in [3.05, 3.63) is 102 Å². The second-order valence-corrected chi connectivity index (χ2v) is 7.06. The minimum Gasteiger partial charge on any atom is -0.439 e. The van der Waals surface area contributed by atoms with Gasteiger partial charge in [-0.3, -0.25) is 0 Å². The molecule has 30 heavy (non-hydrogen) atoms. The van der Waals surface area contributed by atoms with Crippen molar-refractivity contribution < 1.29 is 4.74 Å². The standard InChI is InChI=1S/C26H21N3O/c1-18-12-22(20-8-4-6-19(14-20)16-27)15-23(13-18)30-26-11-5-10-25(29-26)24-9-3-2-7-21(24)17-28/h2-15H,16,27H2,1H3. The van der Waals surface area contributed by atoms with Crippen LogP contribution in [0.1, 0.15) is 16.7 Å².